The molecule has 1 aromatic heterocycles. The van der Waals surface area contributed by atoms with Gasteiger partial charge in [0.05, 0.1) is 4.34 Å². The molecule has 0 saturated carbocycles. The van der Waals surface area contributed by atoms with Gasteiger partial charge in [-0.3, -0.25) is 4.79 Å². The number of carbonyl (C=O) groups excluding carboxylic acids is 1. The topological polar surface area (TPSA) is 32.3 Å². The highest BCUT2D eigenvalue weighted by Gasteiger charge is 2.08. The lowest BCUT2D eigenvalue weighted by molar-refractivity contribution is -0.128. The second kappa shape index (κ2) is 6.99. The largest absolute Gasteiger partial charge is 0.349 e. The Hall–Kier alpha value is -0.580. The van der Waals surface area contributed by atoms with Crippen molar-refractivity contribution in [3.63, 3.8) is 0 Å². The van der Waals surface area contributed by atoms with Crippen LogP contribution in [0.15, 0.2) is 12.1 Å². The van der Waals surface area contributed by atoms with Crippen LogP contribution in [0.4, 0.5) is 0 Å². The molecule has 0 bridgehead atoms. The van der Waals surface area contributed by atoms with Crippen molar-refractivity contribution < 1.29 is 4.79 Å². The number of hydrogen-bond acceptors (Lipinski definition) is 3. The number of thiophene rings is 1. The molecule has 0 fully saturated rings. The number of nitrogens with zero attached hydrogens (tertiary/aromatic N) is 1. The van der Waals surface area contributed by atoms with Crippen LogP contribution in [0, 0.1) is 0 Å². The van der Waals surface area contributed by atoms with Gasteiger partial charge in [0, 0.05) is 31.4 Å². The summed E-state index contributed by atoms with van der Waals surface area (Å²) in [5.74, 6) is 0.179. The normalized spacial score (nSPS) is 12.5. The van der Waals surface area contributed by atoms with Crippen LogP contribution in [0.25, 0.3) is 0 Å². The maximum absolute atomic E-state index is 11.3. The quantitative estimate of drug-likeness (QED) is 0.809. The molecule has 0 spiro atoms. The minimum Gasteiger partial charge on any atom is -0.349 e. The molecule has 1 heterocycles. The van der Waals surface area contributed by atoms with E-state index >= 15 is 0 Å². The lowest BCUT2D eigenvalue weighted by atomic mass is 10.2. The summed E-state index contributed by atoms with van der Waals surface area (Å²) in [6.45, 7) is 2.95. The van der Waals surface area contributed by atoms with Gasteiger partial charge in [-0.2, -0.15) is 0 Å². The average molecular weight is 275 g/mol. The average Bonchev–Trinajstić information content (AvgIpc) is 2.70. The molecule has 17 heavy (non-hydrogen) atoms. The van der Waals surface area contributed by atoms with E-state index < -0.39 is 0 Å². The number of nitrogens with one attached hydrogen (secondary N) is 1. The standard InChI is InChI=1S/C12H19ClN2OS/c1-9(10-6-7-11(13)17-10)14-8-4-5-12(16)15(2)3/h6-7,9,14H,4-5,8H2,1-3H3. The lowest BCUT2D eigenvalue weighted by Gasteiger charge is -2.13. The molecular weight excluding hydrogens is 256 g/mol. The van der Waals surface area contributed by atoms with Gasteiger partial charge in [0.15, 0.2) is 0 Å². The summed E-state index contributed by atoms with van der Waals surface area (Å²) in [5.41, 5.74) is 0. The van der Waals surface area contributed by atoms with Crippen molar-refractivity contribution in [2.75, 3.05) is 20.6 Å². The summed E-state index contributed by atoms with van der Waals surface area (Å²) in [5, 5.41) is 3.39. The predicted octanol–water partition coefficient (Wildman–Crippen LogP) is 2.92. The van der Waals surface area contributed by atoms with Gasteiger partial charge in [-0.15, -0.1) is 11.3 Å². The lowest BCUT2D eigenvalue weighted by Crippen LogP contribution is -2.24. The molecule has 1 unspecified atom stereocenters. The maximum atomic E-state index is 11.3. The summed E-state index contributed by atoms with van der Waals surface area (Å²) >= 11 is 7.48. The summed E-state index contributed by atoms with van der Waals surface area (Å²) in [4.78, 5) is 14.2. The minimum absolute atomic E-state index is 0.179. The van der Waals surface area contributed by atoms with Crippen LogP contribution < -0.4 is 5.32 Å². The van der Waals surface area contributed by atoms with E-state index in [1.54, 1.807) is 30.3 Å². The van der Waals surface area contributed by atoms with Crippen molar-refractivity contribution in [1.29, 1.82) is 0 Å². The van der Waals surface area contributed by atoms with Crippen LogP contribution in [0.1, 0.15) is 30.7 Å². The van der Waals surface area contributed by atoms with Gasteiger partial charge in [0.2, 0.25) is 5.91 Å². The Labute approximate surface area is 112 Å². The Kier molecular flexibility index (Phi) is 5.95. The molecule has 1 atom stereocenters. The zero-order chi connectivity index (χ0) is 12.8. The van der Waals surface area contributed by atoms with Crippen LogP contribution >= 0.6 is 22.9 Å². The van der Waals surface area contributed by atoms with E-state index in [1.165, 1.54) is 4.88 Å². The van der Waals surface area contributed by atoms with E-state index in [1.807, 2.05) is 12.1 Å². The van der Waals surface area contributed by atoms with Crippen molar-refractivity contribution in [1.82, 2.24) is 10.2 Å². The molecule has 1 amide bonds. The van der Waals surface area contributed by atoms with E-state index in [0.717, 1.165) is 17.3 Å². The van der Waals surface area contributed by atoms with E-state index in [0.29, 0.717) is 12.5 Å². The van der Waals surface area contributed by atoms with Crippen molar-refractivity contribution in [3.8, 4) is 0 Å². The molecular formula is C12H19ClN2OS. The number of carbonyl (C=O) groups is 1. The summed E-state index contributed by atoms with van der Waals surface area (Å²) in [6, 6.07) is 4.24. The van der Waals surface area contributed by atoms with Gasteiger partial charge < -0.3 is 10.2 Å². The monoisotopic (exact) mass is 274 g/mol. The number of hydrogen-bond donors (Lipinski definition) is 1. The first-order valence-corrected chi connectivity index (χ1v) is 6.89. The fourth-order valence-electron chi connectivity index (χ4n) is 1.44. The molecule has 3 nitrogen and oxygen atoms in total. The summed E-state index contributed by atoms with van der Waals surface area (Å²) in [6.07, 6.45) is 1.46. The Morgan fingerprint density at radius 3 is 2.76 bits per heavy atom. The van der Waals surface area contributed by atoms with Gasteiger partial charge in [0.1, 0.15) is 0 Å². The Morgan fingerprint density at radius 1 is 1.53 bits per heavy atom. The second-order valence-electron chi connectivity index (χ2n) is 4.21. The third-order valence-electron chi connectivity index (χ3n) is 2.54. The van der Waals surface area contributed by atoms with Crippen LogP contribution in [0.2, 0.25) is 4.34 Å². The Morgan fingerprint density at radius 2 is 2.24 bits per heavy atom. The zero-order valence-corrected chi connectivity index (χ0v) is 12.1. The van der Waals surface area contributed by atoms with E-state index in [2.05, 4.69) is 12.2 Å². The first-order chi connectivity index (χ1) is 8.00. The Bertz CT molecular complexity index is 365. The first kappa shape index (κ1) is 14.5. The van der Waals surface area contributed by atoms with Gasteiger partial charge in [0.25, 0.3) is 0 Å². The molecule has 0 radical (unpaired) electrons. The second-order valence-corrected chi connectivity index (χ2v) is 5.96. The third-order valence-corrected chi connectivity index (χ3v) is 3.95. The van der Waals surface area contributed by atoms with Crippen LogP contribution in [0.5, 0.6) is 0 Å². The van der Waals surface area contributed by atoms with Gasteiger partial charge >= 0.3 is 0 Å². The molecule has 0 aliphatic heterocycles. The van der Waals surface area contributed by atoms with E-state index in [9.17, 15) is 4.79 Å². The molecule has 0 saturated heterocycles. The van der Waals surface area contributed by atoms with Crippen molar-refractivity contribution in [3.05, 3.63) is 21.3 Å². The predicted molar refractivity (Wildman–Crippen MR) is 73.7 cm³/mol. The van der Waals surface area contributed by atoms with Crippen LogP contribution in [0.3, 0.4) is 0 Å². The Balaban J connectivity index is 2.21. The van der Waals surface area contributed by atoms with Crippen molar-refractivity contribution in [2.24, 2.45) is 0 Å². The number of rotatable bonds is 6. The van der Waals surface area contributed by atoms with Crippen molar-refractivity contribution >= 4 is 28.8 Å². The van der Waals surface area contributed by atoms with Crippen LogP contribution in [-0.2, 0) is 4.79 Å². The molecule has 96 valence electrons. The van der Waals surface area contributed by atoms with Gasteiger partial charge in [-0.25, -0.2) is 0 Å². The highest BCUT2D eigenvalue weighted by Crippen LogP contribution is 2.26. The molecule has 1 rings (SSSR count). The maximum Gasteiger partial charge on any atom is 0.222 e. The van der Waals surface area contributed by atoms with Crippen molar-refractivity contribution in [2.45, 2.75) is 25.8 Å². The molecule has 5 heteroatoms. The van der Waals surface area contributed by atoms with E-state index in [-0.39, 0.29) is 5.91 Å². The zero-order valence-electron chi connectivity index (χ0n) is 10.5. The summed E-state index contributed by atoms with van der Waals surface area (Å²) in [7, 11) is 3.57. The fourth-order valence-corrected chi connectivity index (χ4v) is 2.53. The number of halogens is 1. The molecule has 1 N–H and O–H groups in total. The van der Waals surface area contributed by atoms with Crippen LogP contribution in [-0.4, -0.2) is 31.4 Å². The minimum atomic E-state index is 0.179. The highest BCUT2D eigenvalue weighted by atomic mass is 35.5. The smallest absolute Gasteiger partial charge is 0.222 e. The number of amides is 1. The first-order valence-electron chi connectivity index (χ1n) is 5.69. The summed E-state index contributed by atoms with van der Waals surface area (Å²) < 4.78 is 0.816. The SMILES string of the molecule is CC(NCCCC(=O)N(C)C)c1ccc(Cl)s1. The third kappa shape index (κ3) is 5.06. The van der Waals surface area contributed by atoms with Gasteiger partial charge in [-0.1, -0.05) is 11.6 Å². The van der Waals surface area contributed by atoms with Gasteiger partial charge in [-0.05, 0) is 32.0 Å². The highest BCUT2D eigenvalue weighted by molar-refractivity contribution is 7.16. The molecule has 1 aromatic rings. The van der Waals surface area contributed by atoms with E-state index in [4.69, 9.17) is 11.6 Å². The molecule has 0 aromatic carbocycles. The molecule has 0 aliphatic carbocycles. The fraction of sp³-hybridized carbons (Fsp3) is 0.583. The molecule has 0 aliphatic rings.